The van der Waals surface area contributed by atoms with E-state index >= 15 is 0 Å². The van der Waals surface area contributed by atoms with Gasteiger partial charge in [-0.05, 0) is 83.5 Å². The third-order valence-electron chi connectivity index (χ3n) is 10.7. The number of esters is 3. The third kappa shape index (κ3) is 46.2. The number of allylic oxidation sites excluding steroid dienone is 10. The Balaban J connectivity index is 4.46. The van der Waals surface area contributed by atoms with Gasteiger partial charge in [0.2, 0.25) is 0 Å². The van der Waals surface area contributed by atoms with Gasteiger partial charge >= 0.3 is 17.9 Å². The zero-order valence-corrected chi connectivity index (χ0v) is 39.5. The first-order valence-corrected chi connectivity index (χ1v) is 25.3. The fraction of sp³-hybridized carbons (Fsp3) is 0.759. The number of unbranched alkanes of at least 4 members (excludes halogenated alkanes) is 24. The highest BCUT2D eigenvalue weighted by atomic mass is 16.6. The van der Waals surface area contributed by atoms with Crippen LogP contribution in [0.2, 0.25) is 0 Å². The lowest BCUT2D eigenvalue weighted by atomic mass is 10.1. The summed E-state index contributed by atoms with van der Waals surface area (Å²) in [6.07, 6.45) is 59.2. The van der Waals surface area contributed by atoms with Crippen molar-refractivity contribution in [3.63, 3.8) is 0 Å². The maximum absolute atomic E-state index is 12.8. The second kappa shape index (κ2) is 48.8. The summed E-state index contributed by atoms with van der Waals surface area (Å²) in [6.45, 7) is 6.54. The van der Waals surface area contributed by atoms with Gasteiger partial charge in [-0.25, -0.2) is 0 Å². The van der Waals surface area contributed by atoms with Gasteiger partial charge in [-0.3, -0.25) is 14.4 Å². The molecule has 0 rings (SSSR count). The van der Waals surface area contributed by atoms with Crippen LogP contribution in [-0.4, -0.2) is 37.2 Å². The van der Waals surface area contributed by atoms with E-state index in [2.05, 4.69) is 81.5 Å². The van der Waals surface area contributed by atoms with Crippen LogP contribution in [0.15, 0.2) is 60.8 Å². The minimum absolute atomic E-state index is 0.0929. The lowest BCUT2D eigenvalue weighted by molar-refractivity contribution is -0.167. The molecule has 0 aromatic heterocycles. The van der Waals surface area contributed by atoms with Gasteiger partial charge in [0.1, 0.15) is 13.2 Å². The fourth-order valence-corrected chi connectivity index (χ4v) is 6.90. The number of ether oxygens (including phenoxy) is 3. The Morgan fingerprint density at radius 2 is 0.617 bits per heavy atom. The van der Waals surface area contributed by atoms with Gasteiger partial charge in [-0.2, -0.15) is 0 Å². The SMILES string of the molecule is CCCCC/C=C\C/C=C\C/C=C\C/C=C\CCCC(=O)OC[C@@H](COC(=O)CCCCCCCCCCCCC)OC(=O)CCCCCCC/C=C\CCCCCCC. The van der Waals surface area contributed by atoms with Crippen molar-refractivity contribution in [3.8, 4) is 0 Å². The van der Waals surface area contributed by atoms with Crippen LogP contribution in [-0.2, 0) is 28.6 Å². The first kappa shape index (κ1) is 57.1. The summed E-state index contributed by atoms with van der Waals surface area (Å²) in [7, 11) is 0. The Hall–Kier alpha value is -2.89. The van der Waals surface area contributed by atoms with E-state index in [0.717, 1.165) is 77.0 Å². The van der Waals surface area contributed by atoms with Gasteiger partial charge < -0.3 is 14.2 Å². The molecule has 1 atom stereocenters. The summed E-state index contributed by atoms with van der Waals surface area (Å²) < 4.78 is 16.7. The summed E-state index contributed by atoms with van der Waals surface area (Å²) in [4.78, 5) is 37.9. The number of hydrogen-bond acceptors (Lipinski definition) is 6. The average Bonchev–Trinajstić information content (AvgIpc) is 3.24. The lowest BCUT2D eigenvalue weighted by Gasteiger charge is -2.18. The summed E-state index contributed by atoms with van der Waals surface area (Å²) in [5.41, 5.74) is 0. The van der Waals surface area contributed by atoms with Crippen molar-refractivity contribution < 1.29 is 28.6 Å². The molecule has 0 radical (unpaired) electrons. The molecule has 0 aliphatic heterocycles. The van der Waals surface area contributed by atoms with E-state index in [1.807, 2.05) is 0 Å². The maximum Gasteiger partial charge on any atom is 0.306 e. The zero-order valence-electron chi connectivity index (χ0n) is 39.5. The van der Waals surface area contributed by atoms with Gasteiger partial charge in [0.15, 0.2) is 6.10 Å². The van der Waals surface area contributed by atoms with E-state index in [4.69, 9.17) is 14.2 Å². The standard InChI is InChI=1S/C54H94O6/c1-4-7-10-13-16-19-22-24-26-27-28-30-32-35-38-41-44-47-53(56)59-50-51(49-58-52(55)46-43-40-37-34-31-21-18-15-12-9-6-3)60-54(57)48-45-42-39-36-33-29-25-23-20-17-14-11-8-5-2/h16,19,23-26,28,30,35,38,51H,4-15,17-18,20-22,27,29,31-34,36-37,39-50H2,1-3H3/b19-16-,25-23-,26-24-,30-28-,38-35-/t51-/m1/s1. The van der Waals surface area contributed by atoms with Gasteiger partial charge in [0, 0.05) is 19.3 Å². The van der Waals surface area contributed by atoms with E-state index in [1.54, 1.807) is 0 Å². The monoisotopic (exact) mass is 839 g/mol. The van der Waals surface area contributed by atoms with Crippen molar-refractivity contribution in [2.24, 2.45) is 0 Å². The van der Waals surface area contributed by atoms with E-state index in [1.165, 1.54) is 122 Å². The molecule has 0 unspecified atom stereocenters. The van der Waals surface area contributed by atoms with Crippen LogP contribution in [0.3, 0.4) is 0 Å². The predicted molar refractivity (Wildman–Crippen MR) is 256 cm³/mol. The summed E-state index contributed by atoms with van der Waals surface area (Å²) in [5.74, 6) is -0.958. The molecule has 0 saturated carbocycles. The second-order valence-electron chi connectivity index (χ2n) is 16.7. The smallest absolute Gasteiger partial charge is 0.306 e. The zero-order chi connectivity index (χ0) is 43.7. The minimum Gasteiger partial charge on any atom is -0.462 e. The summed E-state index contributed by atoms with van der Waals surface area (Å²) in [6, 6.07) is 0. The molecule has 0 spiro atoms. The lowest BCUT2D eigenvalue weighted by Crippen LogP contribution is -2.30. The number of hydrogen-bond donors (Lipinski definition) is 0. The first-order chi connectivity index (χ1) is 29.5. The highest BCUT2D eigenvalue weighted by Crippen LogP contribution is 2.14. The minimum atomic E-state index is -0.797. The Kier molecular flexibility index (Phi) is 46.4. The second-order valence-corrected chi connectivity index (χ2v) is 16.7. The van der Waals surface area contributed by atoms with Crippen LogP contribution >= 0.6 is 0 Å². The van der Waals surface area contributed by atoms with Gasteiger partial charge in [0.05, 0.1) is 0 Å². The van der Waals surface area contributed by atoms with Crippen molar-refractivity contribution in [1.82, 2.24) is 0 Å². The Bertz CT molecular complexity index is 1100. The molecule has 0 fully saturated rings. The molecular weight excluding hydrogens is 745 g/mol. The van der Waals surface area contributed by atoms with Crippen molar-refractivity contribution in [2.45, 2.75) is 252 Å². The van der Waals surface area contributed by atoms with Crippen LogP contribution in [0, 0.1) is 0 Å². The molecular formula is C54H94O6. The van der Waals surface area contributed by atoms with Crippen molar-refractivity contribution in [2.75, 3.05) is 13.2 Å². The van der Waals surface area contributed by atoms with Crippen molar-refractivity contribution in [3.05, 3.63) is 60.8 Å². The third-order valence-corrected chi connectivity index (χ3v) is 10.7. The Labute approximate surface area is 370 Å². The average molecular weight is 839 g/mol. The maximum atomic E-state index is 12.8. The molecule has 0 aromatic rings. The molecule has 0 saturated heterocycles. The van der Waals surface area contributed by atoms with Crippen LogP contribution in [0.25, 0.3) is 0 Å². The molecule has 6 heteroatoms. The molecule has 0 heterocycles. The highest BCUT2D eigenvalue weighted by Gasteiger charge is 2.19. The molecule has 0 aliphatic rings. The first-order valence-electron chi connectivity index (χ1n) is 25.3. The van der Waals surface area contributed by atoms with Crippen LogP contribution in [0.4, 0.5) is 0 Å². The fourth-order valence-electron chi connectivity index (χ4n) is 6.90. The van der Waals surface area contributed by atoms with E-state index < -0.39 is 6.10 Å². The molecule has 0 amide bonds. The topological polar surface area (TPSA) is 78.9 Å². The van der Waals surface area contributed by atoms with Crippen LogP contribution in [0.5, 0.6) is 0 Å². The van der Waals surface area contributed by atoms with Gasteiger partial charge in [-0.15, -0.1) is 0 Å². The molecule has 0 N–H and O–H groups in total. The van der Waals surface area contributed by atoms with E-state index in [9.17, 15) is 14.4 Å². The summed E-state index contributed by atoms with van der Waals surface area (Å²) in [5, 5.41) is 0. The van der Waals surface area contributed by atoms with E-state index in [-0.39, 0.29) is 37.5 Å². The summed E-state index contributed by atoms with van der Waals surface area (Å²) >= 11 is 0. The molecule has 0 aliphatic carbocycles. The predicted octanol–water partition coefficient (Wildman–Crippen LogP) is 16.5. The van der Waals surface area contributed by atoms with Gasteiger partial charge in [-0.1, -0.05) is 204 Å². The normalized spacial score (nSPS) is 12.5. The van der Waals surface area contributed by atoms with Crippen LogP contribution in [0.1, 0.15) is 245 Å². The largest absolute Gasteiger partial charge is 0.462 e. The van der Waals surface area contributed by atoms with Gasteiger partial charge in [0.25, 0.3) is 0 Å². The number of carbonyl (C=O) groups excluding carboxylic acids is 3. The highest BCUT2D eigenvalue weighted by molar-refractivity contribution is 5.71. The quantitative estimate of drug-likeness (QED) is 0.0263. The molecule has 0 aromatic carbocycles. The molecule has 0 bridgehead atoms. The number of rotatable bonds is 45. The number of carbonyl (C=O) groups is 3. The van der Waals surface area contributed by atoms with Crippen molar-refractivity contribution in [1.29, 1.82) is 0 Å². The van der Waals surface area contributed by atoms with Crippen molar-refractivity contribution >= 4 is 17.9 Å². The Morgan fingerprint density at radius 3 is 1.05 bits per heavy atom. The molecule has 6 nitrogen and oxygen atoms in total. The van der Waals surface area contributed by atoms with Crippen LogP contribution < -0.4 is 0 Å². The molecule has 346 valence electrons. The Morgan fingerprint density at radius 1 is 0.333 bits per heavy atom. The van der Waals surface area contributed by atoms with E-state index in [0.29, 0.717) is 19.3 Å². The molecule has 60 heavy (non-hydrogen) atoms.